The van der Waals surface area contributed by atoms with Crippen LogP contribution >= 0.6 is 0 Å². The van der Waals surface area contributed by atoms with Gasteiger partial charge in [0.05, 0.1) is 11.1 Å². The van der Waals surface area contributed by atoms with E-state index >= 15 is 0 Å². The minimum atomic E-state index is -0.950. The lowest BCUT2D eigenvalue weighted by Crippen LogP contribution is -2.54. The summed E-state index contributed by atoms with van der Waals surface area (Å²) in [5.74, 6) is -1.90. The van der Waals surface area contributed by atoms with Crippen molar-refractivity contribution in [1.29, 1.82) is 0 Å². The first-order valence-electron chi connectivity index (χ1n) is 10.5. The highest BCUT2D eigenvalue weighted by molar-refractivity contribution is 6.24. The summed E-state index contributed by atoms with van der Waals surface area (Å²) < 4.78 is 0. The molecule has 1 aromatic rings. The number of hydrogen-bond donors (Lipinski definition) is 2. The number of rotatable bonds is 4. The van der Waals surface area contributed by atoms with E-state index in [2.05, 4.69) is 24.1 Å². The van der Waals surface area contributed by atoms with Crippen LogP contribution in [0.15, 0.2) is 18.2 Å². The number of nitrogens with one attached hydrogen (secondary N) is 1. The van der Waals surface area contributed by atoms with Crippen molar-refractivity contribution < 1.29 is 19.2 Å². The Hall–Kier alpha value is -2.58. The van der Waals surface area contributed by atoms with Crippen LogP contribution in [0.1, 0.15) is 65.8 Å². The van der Waals surface area contributed by atoms with Crippen molar-refractivity contribution in [2.45, 2.75) is 58.2 Å². The molecule has 4 rings (SSSR count). The zero-order chi connectivity index (χ0) is 21.6. The van der Waals surface area contributed by atoms with E-state index in [1.165, 1.54) is 0 Å². The summed E-state index contributed by atoms with van der Waals surface area (Å²) in [4.78, 5) is 53.4. The molecule has 160 valence electrons. The summed E-state index contributed by atoms with van der Waals surface area (Å²) in [6.45, 7) is 6.36. The molecule has 1 aromatic carbocycles. The topological polar surface area (TPSA) is 113 Å². The van der Waals surface area contributed by atoms with Gasteiger partial charge in [-0.2, -0.15) is 0 Å². The number of nitrogens with two attached hydrogens (primary N) is 1. The predicted molar refractivity (Wildman–Crippen MR) is 109 cm³/mol. The van der Waals surface area contributed by atoms with E-state index in [1.807, 2.05) is 6.07 Å². The van der Waals surface area contributed by atoms with E-state index in [0.29, 0.717) is 24.2 Å². The molecule has 3 N–H and O–H groups in total. The number of piperidine rings is 2. The van der Waals surface area contributed by atoms with Gasteiger partial charge in [0.2, 0.25) is 11.8 Å². The van der Waals surface area contributed by atoms with Crippen molar-refractivity contribution in [3.63, 3.8) is 0 Å². The lowest BCUT2D eigenvalue weighted by Gasteiger charge is -2.46. The molecule has 0 radical (unpaired) electrons. The molecule has 2 atom stereocenters. The number of carbonyl (C=O) groups excluding carboxylic acids is 4. The second-order valence-corrected chi connectivity index (χ2v) is 9.10. The van der Waals surface area contributed by atoms with Crippen LogP contribution < -0.4 is 11.1 Å². The number of likely N-dealkylation sites (tertiary alicyclic amines) is 1. The highest BCUT2D eigenvalue weighted by Crippen LogP contribution is 2.37. The fraction of sp³-hybridized carbons (Fsp3) is 0.545. The van der Waals surface area contributed by atoms with Crippen molar-refractivity contribution in [2.24, 2.45) is 11.1 Å². The number of benzene rings is 1. The van der Waals surface area contributed by atoms with Crippen LogP contribution in [0.5, 0.6) is 0 Å². The molecule has 2 saturated heterocycles. The standard InChI is InChI=1S/C22H28N4O4/c1-22(2)9-4-10-25(16(22)11-23)12-13-5-3-6-14-18(13)21(30)26(20(14)29)15-7-8-17(27)24-19(15)28/h3,5-6,15-16H,4,7-12,23H2,1-2H3,(H,24,27,28). The fourth-order valence-electron chi connectivity index (χ4n) is 5.15. The van der Waals surface area contributed by atoms with Gasteiger partial charge in [0, 0.05) is 25.6 Å². The van der Waals surface area contributed by atoms with E-state index in [9.17, 15) is 19.2 Å². The first kappa shape index (κ1) is 20.7. The third-order valence-electron chi connectivity index (χ3n) is 6.76. The summed E-state index contributed by atoms with van der Waals surface area (Å²) in [6, 6.07) is 4.51. The summed E-state index contributed by atoms with van der Waals surface area (Å²) in [7, 11) is 0. The molecule has 0 aromatic heterocycles. The van der Waals surface area contributed by atoms with Gasteiger partial charge >= 0.3 is 0 Å². The Morgan fingerprint density at radius 1 is 1.17 bits per heavy atom. The van der Waals surface area contributed by atoms with Crippen LogP contribution in [0.3, 0.4) is 0 Å². The van der Waals surface area contributed by atoms with Gasteiger partial charge in [-0.3, -0.25) is 34.3 Å². The van der Waals surface area contributed by atoms with Gasteiger partial charge in [-0.1, -0.05) is 26.0 Å². The molecule has 8 nitrogen and oxygen atoms in total. The molecule has 3 aliphatic heterocycles. The molecule has 0 bridgehead atoms. The van der Waals surface area contributed by atoms with E-state index in [0.717, 1.165) is 29.8 Å². The van der Waals surface area contributed by atoms with Crippen molar-refractivity contribution in [2.75, 3.05) is 13.1 Å². The van der Waals surface area contributed by atoms with E-state index < -0.39 is 23.8 Å². The third kappa shape index (κ3) is 3.33. The quantitative estimate of drug-likeness (QED) is 0.715. The summed E-state index contributed by atoms with van der Waals surface area (Å²) in [5, 5.41) is 2.23. The van der Waals surface area contributed by atoms with Crippen molar-refractivity contribution >= 4 is 23.6 Å². The van der Waals surface area contributed by atoms with Crippen LogP contribution in [0.25, 0.3) is 0 Å². The lowest BCUT2D eigenvalue weighted by atomic mass is 9.76. The molecule has 3 aliphatic rings. The first-order chi connectivity index (χ1) is 14.2. The van der Waals surface area contributed by atoms with Crippen molar-refractivity contribution in [3.05, 3.63) is 34.9 Å². The molecule has 2 fully saturated rings. The SMILES string of the molecule is CC1(C)CCCN(Cc2cccc3c2C(=O)N(C2CCC(=O)NC2=O)C3=O)C1CN. The van der Waals surface area contributed by atoms with Gasteiger partial charge in [-0.15, -0.1) is 0 Å². The second kappa shape index (κ2) is 7.59. The predicted octanol–water partition coefficient (Wildman–Crippen LogP) is 1.04. The first-order valence-corrected chi connectivity index (χ1v) is 10.5. The summed E-state index contributed by atoms with van der Waals surface area (Å²) in [5.41, 5.74) is 7.63. The number of carbonyl (C=O) groups is 4. The average Bonchev–Trinajstić information content (AvgIpc) is 2.93. The molecule has 4 amide bonds. The zero-order valence-electron chi connectivity index (χ0n) is 17.4. The largest absolute Gasteiger partial charge is 0.329 e. The molecule has 3 heterocycles. The van der Waals surface area contributed by atoms with E-state index in [1.54, 1.807) is 12.1 Å². The van der Waals surface area contributed by atoms with Gasteiger partial charge in [0.25, 0.3) is 11.8 Å². The van der Waals surface area contributed by atoms with E-state index in [4.69, 9.17) is 5.73 Å². The average molecular weight is 412 g/mol. The Balaban J connectivity index is 1.64. The number of nitrogens with zero attached hydrogens (tertiary/aromatic N) is 2. The second-order valence-electron chi connectivity index (χ2n) is 9.10. The van der Waals surface area contributed by atoms with Crippen molar-refractivity contribution in [1.82, 2.24) is 15.1 Å². The Kier molecular flexibility index (Phi) is 5.23. The van der Waals surface area contributed by atoms with E-state index in [-0.39, 0.29) is 30.2 Å². The van der Waals surface area contributed by atoms with Crippen LogP contribution in [0.2, 0.25) is 0 Å². The lowest BCUT2D eigenvalue weighted by molar-refractivity contribution is -0.136. The minimum absolute atomic E-state index is 0.0730. The highest BCUT2D eigenvalue weighted by Gasteiger charge is 2.46. The van der Waals surface area contributed by atoms with Gasteiger partial charge in [-0.05, 0) is 42.9 Å². The molecule has 30 heavy (non-hydrogen) atoms. The molecular weight excluding hydrogens is 384 g/mol. The third-order valence-corrected chi connectivity index (χ3v) is 6.76. The highest BCUT2D eigenvalue weighted by atomic mass is 16.2. The Labute approximate surface area is 175 Å². The Morgan fingerprint density at radius 3 is 2.63 bits per heavy atom. The number of hydrogen-bond acceptors (Lipinski definition) is 6. The summed E-state index contributed by atoms with van der Waals surface area (Å²) in [6.07, 6.45) is 2.41. The van der Waals surface area contributed by atoms with Crippen LogP contribution in [0.4, 0.5) is 0 Å². The van der Waals surface area contributed by atoms with Gasteiger partial charge in [-0.25, -0.2) is 0 Å². The van der Waals surface area contributed by atoms with Gasteiger partial charge in [0.1, 0.15) is 6.04 Å². The summed E-state index contributed by atoms with van der Waals surface area (Å²) >= 11 is 0. The molecule has 0 spiro atoms. The normalized spacial score (nSPS) is 26.7. The van der Waals surface area contributed by atoms with Crippen LogP contribution in [0, 0.1) is 5.41 Å². The van der Waals surface area contributed by atoms with Gasteiger partial charge < -0.3 is 5.73 Å². The molecule has 8 heteroatoms. The molecular formula is C22H28N4O4. The monoisotopic (exact) mass is 412 g/mol. The van der Waals surface area contributed by atoms with Crippen LogP contribution in [-0.4, -0.2) is 58.6 Å². The smallest absolute Gasteiger partial charge is 0.262 e. The Morgan fingerprint density at radius 2 is 1.93 bits per heavy atom. The van der Waals surface area contributed by atoms with Crippen molar-refractivity contribution in [3.8, 4) is 0 Å². The maximum absolute atomic E-state index is 13.3. The minimum Gasteiger partial charge on any atom is -0.329 e. The molecule has 2 unspecified atom stereocenters. The fourth-order valence-corrected chi connectivity index (χ4v) is 5.15. The van der Waals surface area contributed by atoms with Gasteiger partial charge in [0.15, 0.2) is 0 Å². The maximum atomic E-state index is 13.3. The number of amides is 4. The number of fused-ring (bicyclic) bond motifs is 1. The zero-order valence-corrected chi connectivity index (χ0v) is 17.4. The maximum Gasteiger partial charge on any atom is 0.262 e. The molecule has 0 saturated carbocycles. The van der Waals surface area contributed by atoms with Crippen LogP contribution in [-0.2, 0) is 16.1 Å². The Bertz CT molecular complexity index is 926. The molecule has 0 aliphatic carbocycles. The number of imide groups is 2.